The van der Waals surface area contributed by atoms with Crippen LogP contribution >= 0.6 is 23.2 Å². The van der Waals surface area contributed by atoms with E-state index in [2.05, 4.69) is 21.9 Å². The molecule has 0 aromatic heterocycles. The lowest BCUT2D eigenvalue weighted by atomic mass is 10.1. The summed E-state index contributed by atoms with van der Waals surface area (Å²) in [6.07, 6.45) is 1.43. The molecule has 2 N–H and O–H groups in total. The van der Waals surface area contributed by atoms with E-state index < -0.39 is 0 Å². The Labute approximate surface area is 145 Å². The first-order valence-corrected chi connectivity index (χ1v) is 7.80. The summed E-state index contributed by atoms with van der Waals surface area (Å²) >= 11 is 12.0. The number of carbonyl (C=O) groups is 1. The highest BCUT2D eigenvalue weighted by Crippen LogP contribution is 2.22. The Morgan fingerprint density at radius 2 is 1.87 bits per heavy atom. The fourth-order valence-electron chi connectivity index (χ4n) is 2.03. The Kier molecular flexibility index (Phi) is 6.02. The van der Waals surface area contributed by atoms with Gasteiger partial charge in [0.1, 0.15) is 0 Å². The number of nitrogens with zero attached hydrogens (tertiary/aromatic N) is 1. The first-order valence-electron chi connectivity index (χ1n) is 7.04. The summed E-state index contributed by atoms with van der Waals surface area (Å²) < 4.78 is 0. The topological polar surface area (TPSA) is 53.5 Å². The van der Waals surface area contributed by atoms with Crippen LogP contribution in [-0.4, -0.2) is 18.7 Å². The second-order valence-electron chi connectivity index (χ2n) is 5.10. The zero-order chi connectivity index (χ0) is 16.8. The van der Waals surface area contributed by atoms with E-state index in [1.54, 1.807) is 18.2 Å². The molecule has 23 heavy (non-hydrogen) atoms. The van der Waals surface area contributed by atoms with E-state index >= 15 is 0 Å². The third-order valence-electron chi connectivity index (χ3n) is 3.20. The lowest BCUT2D eigenvalue weighted by molar-refractivity contribution is -0.119. The first-order chi connectivity index (χ1) is 11.0. The number of amides is 1. The molecule has 120 valence electrons. The second-order valence-corrected chi connectivity index (χ2v) is 5.91. The van der Waals surface area contributed by atoms with Crippen LogP contribution in [-0.2, 0) is 4.79 Å². The Morgan fingerprint density at radius 3 is 2.52 bits per heavy atom. The fraction of sp³-hybridized carbons (Fsp3) is 0.176. The van der Waals surface area contributed by atoms with Crippen molar-refractivity contribution in [2.45, 2.75) is 13.8 Å². The van der Waals surface area contributed by atoms with Gasteiger partial charge in [-0.1, -0.05) is 47.0 Å². The van der Waals surface area contributed by atoms with Crippen LogP contribution < -0.4 is 10.7 Å². The molecule has 0 aliphatic carbocycles. The monoisotopic (exact) mass is 349 g/mol. The van der Waals surface area contributed by atoms with Crippen molar-refractivity contribution in [1.29, 1.82) is 0 Å². The number of benzene rings is 2. The van der Waals surface area contributed by atoms with Crippen LogP contribution in [0.1, 0.15) is 16.7 Å². The van der Waals surface area contributed by atoms with Crippen molar-refractivity contribution in [3.8, 4) is 0 Å². The number of hydrazone groups is 1. The fourth-order valence-corrected chi connectivity index (χ4v) is 2.52. The summed E-state index contributed by atoms with van der Waals surface area (Å²) in [6.45, 7) is 4.14. The molecule has 4 nitrogen and oxygen atoms in total. The average Bonchev–Trinajstić information content (AvgIpc) is 2.49. The molecule has 0 atom stereocenters. The van der Waals surface area contributed by atoms with Crippen LogP contribution in [0.4, 0.5) is 5.69 Å². The summed E-state index contributed by atoms with van der Waals surface area (Å²) in [7, 11) is 0. The largest absolute Gasteiger partial charge is 0.376 e. The van der Waals surface area contributed by atoms with Gasteiger partial charge >= 0.3 is 0 Å². The highest BCUT2D eigenvalue weighted by atomic mass is 35.5. The predicted octanol–water partition coefficient (Wildman–Crippen LogP) is 4.17. The number of hydrogen-bond acceptors (Lipinski definition) is 3. The minimum Gasteiger partial charge on any atom is -0.376 e. The molecule has 2 rings (SSSR count). The van der Waals surface area contributed by atoms with Crippen molar-refractivity contribution in [2.75, 3.05) is 11.9 Å². The summed E-state index contributed by atoms with van der Waals surface area (Å²) in [5, 5.41) is 7.90. The zero-order valence-electron chi connectivity index (χ0n) is 12.9. The molecule has 0 heterocycles. The highest BCUT2D eigenvalue weighted by Gasteiger charge is 2.04. The van der Waals surface area contributed by atoms with Crippen molar-refractivity contribution >= 4 is 41.0 Å². The van der Waals surface area contributed by atoms with Crippen molar-refractivity contribution < 1.29 is 4.79 Å². The maximum absolute atomic E-state index is 11.8. The molecule has 0 aliphatic rings. The van der Waals surface area contributed by atoms with E-state index in [0.717, 1.165) is 11.3 Å². The molecule has 0 aliphatic heterocycles. The van der Waals surface area contributed by atoms with Crippen LogP contribution in [0.5, 0.6) is 0 Å². The van der Waals surface area contributed by atoms with Crippen LogP contribution in [0, 0.1) is 13.8 Å². The standard InChI is InChI=1S/C17H17Cl2N3O/c1-11-6-7-16(12(2)8-11)20-10-17(23)22-21-9-13-14(18)4-3-5-15(13)19/h3-9,20H,10H2,1-2H3,(H,22,23). The van der Waals surface area contributed by atoms with Crippen LogP contribution in [0.3, 0.4) is 0 Å². The molecule has 0 bridgehead atoms. The summed E-state index contributed by atoms with van der Waals surface area (Å²) in [5.41, 5.74) is 6.19. The number of aryl methyl sites for hydroxylation is 2. The number of hydrogen-bond donors (Lipinski definition) is 2. The Morgan fingerprint density at radius 1 is 1.17 bits per heavy atom. The molecule has 0 saturated carbocycles. The summed E-state index contributed by atoms with van der Waals surface area (Å²) in [5.74, 6) is -0.260. The van der Waals surface area contributed by atoms with Gasteiger partial charge in [0.15, 0.2) is 0 Å². The van der Waals surface area contributed by atoms with Gasteiger partial charge in [-0.05, 0) is 37.6 Å². The average molecular weight is 350 g/mol. The second kappa shape index (κ2) is 7.99. The number of halogens is 2. The van der Waals surface area contributed by atoms with Gasteiger partial charge in [-0.3, -0.25) is 4.79 Å². The SMILES string of the molecule is Cc1ccc(NCC(=O)NN=Cc2c(Cl)cccc2Cl)c(C)c1. The third-order valence-corrected chi connectivity index (χ3v) is 3.86. The van der Waals surface area contributed by atoms with Crippen LogP contribution in [0.25, 0.3) is 0 Å². The minimum absolute atomic E-state index is 0.123. The number of rotatable bonds is 5. The lowest BCUT2D eigenvalue weighted by Crippen LogP contribution is -2.26. The molecule has 1 amide bonds. The quantitative estimate of drug-likeness (QED) is 0.628. The molecular formula is C17H17Cl2N3O. The zero-order valence-corrected chi connectivity index (χ0v) is 14.4. The van der Waals surface area contributed by atoms with E-state index in [-0.39, 0.29) is 12.5 Å². The summed E-state index contributed by atoms with van der Waals surface area (Å²) in [4.78, 5) is 11.8. The smallest absolute Gasteiger partial charge is 0.259 e. The summed E-state index contributed by atoms with van der Waals surface area (Å²) in [6, 6.07) is 11.2. The van der Waals surface area contributed by atoms with Crippen molar-refractivity contribution in [3.05, 3.63) is 63.1 Å². The molecule has 0 radical (unpaired) electrons. The van der Waals surface area contributed by atoms with Gasteiger partial charge in [-0.15, -0.1) is 0 Å². The lowest BCUT2D eigenvalue weighted by Gasteiger charge is -2.09. The van der Waals surface area contributed by atoms with Crippen LogP contribution in [0.2, 0.25) is 10.0 Å². The van der Waals surface area contributed by atoms with E-state index in [9.17, 15) is 4.79 Å². The van der Waals surface area contributed by atoms with Gasteiger partial charge in [0.05, 0.1) is 22.8 Å². The number of carbonyl (C=O) groups excluding carboxylic acids is 1. The molecule has 0 spiro atoms. The normalized spacial score (nSPS) is 10.8. The maximum Gasteiger partial charge on any atom is 0.259 e. The molecule has 2 aromatic carbocycles. The third kappa shape index (κ3) is 4.98. The molecule has 2 aromatic rings. The predicted molar refractivity (Wildman–Crippen MR) is 96.6 cm³/mol. The highest BCUT2D eigenvalue weighted by molar-refractivity contribution is 6.38. The van der Waals surface area contributed by atoms with E-state index in [1.165, 1.54) is 11.8 Å². The minimum atomic E-state index is -0.260. The van der Waals surface area contributed by atoms with Gasteiger partial charge in [-0.25, -0.2) is 5.43 Å². The Bertz CT molecular complexity index is 724. The number of anilines is 1. The molecular weight excluding hydrogens is 333 g/mol. The van der Waals surface area contributed by atoms with Gasteiger partial charge in [-0.2, -0.15) is 5.10 Å². The van der Waals surface area contributed by atoms with Gasteiger partial charge < -0.3 is 5.32 Å². The van der Waals surface area contributed by atoms with Gasteiger partial charge in [0.25, 0.3) is 5.91 Å². The van der Waals surface area contributed by atoms with E-state index in [4.69, 9.17) is 23.2 Å². The Hall–Kier alpha value is -2.04. The first kappa shape index (κ1) is 17.3. The maximum atomic E-state index is 11.8. The van der Waals surface area contributed by atoms with Crippen molar-refractivity contribution in [2.24, 2.45) is 5.10 Å². The van der Waals surface area contributed by atoms with Gasteiger partial charge in [0.2, 0.25) is 0 Å². The molecule has 0 saturated heterocycles. The Balaban J connectivity index is 1.89. The molecule has 0 fully saturated rings. The van der Waals surface area contributed by atoms with E-state index in [0.29, 0.717) is 15.6 Å². The van der Waals surface area contributed by atoms with E-state index in [1.807, 2.05) is 26.0 Å². The van der Waals surface area contributed by atoms with Crippen molar-refractivity contribution in [3.63, 3.8) is 0 Å². The van der Waals surface area contributed by atoms with Crippen molar-refractivity contribution in [1.82, 2.24) is 5.43 Å². The van der Waals surface area contributed by atoms with Gasteiger partial charge in [0, 0.05) is 11.3 Å². The number of nitrogens with one attached hydrogen (secondary N) is 2. The molecule has 0 unspecified atom stereocenters. The molecule has 6 heteroatoms. The van der Waals surface area contributed by atoms with Crippen LogP contribution in [0.15, 0.2) is 41.5 Å².